The first-order chi connectivity index (χ1) is 7.23. The molecule has 0 aliphatic heterocycles. The van der Waals surface area contributed by atoms with Crippen molar-refractivity contribution >= 4 is 0 Å². The minimum atomic E-state index is 0.205. The Hall–Kier alpha value is -1.18. The summed E-state index contributed by atoms with van der Waals surface area (Å²) in [6.45, 7) is 0. The molecule has 0 aromatic heterocycles. The summed E-state index contributed by atoms with van der Waals surface area (Å²) in [6.07, 6.45) is 6.85. The highest BCUT2D eigenvalue weighted by molar-refractivity contribution is 5.53. The maximum absolute atomic E-state index is 9.97. The van der Waals surface area contributed by atoms with Gasteiger partial charge in [0.1, 0.15) is 11.5 Å². The van der Waals surface area contributed by atoms with E-state index in [9.17, 15) is 10.2 Å². The largest absolute Gasteiger partial charge is 0.508 e. The molecule has 0 heterocycles. The molecule has 1 aromatic carbocycles. The van der Waals surface area contributed by atoms with E-state index in [0.29, 0.717) is 11.5 Å². The van der Waals surface area contributed by atoms with E-state index < -0.39 is 0 Å². The summed E-state index contributed by atoms with van der Waals surface area (Å²) in [7, 11) is 0. The maximum Gasteiger partial charge on any atom is 0.119 e. The monoisotopic (exact) mass is 204 g/mol. The SMILES string of the molecule is Oc1ccc(O)c2c1CCCC21CCC1. The van der Waals surface area contributed by atoms with Crippen molar-refractivity contribution < 1.29 is 10.2 Å². The van der Waals surface area contributed by atoms with Crippen LogP contribution in [-0.2, 0) is 11.8 Å². The number of phenols is 2. The van der Waals surface area contributed by atoms with Crippen LogP contribution in [0.15, 0.2) is 12.1 Å². The average molecular weight is 204 g/mol. The van der Waals surface area contributed by atoms with Gasteiger partial charge in [-0.25, -0.2) is 0 Å². The number of aromatic hydroxyl groups is 2. The van der Waals surface area contributed by atoms with Crippen molar-refractivity contribution in [1.82, 2.24) is 0 Å². The van der Waals surface area contributed by atoms with Crippen LogP contribution >= 0.6 is 0 Å². The van der Waals surface area contributed by atoms with E-state index >= 15 is 0 Å². The molecule has 0 radical (unpaired) electrons. The number of fused-ring (bicyclic) bond motifs is 2. The molecule has 0 unspecified atom stereocenters. The first kappa shape index (κ1) is 9.08. The minimum Gasteiger partial charge on any atom is -0.508 e. The van der Waals surface area contributed by atoms with Crippen molar-refractivity contribution in [2.45, 2.75) is 43.9 Å². The fraction of sp³-hybridized carbons (Fsp3) is 0.538. The van der Waals surface area contributed by atoms with Crippen LogP contribution in [0.2, 0.25) is 0 Å². The number of hydrogen-bond acceptors (Lipinski definition) is 2. The molecule has 2 heteroatoms. The average Bonchev–Trinajstić information content (AvgIpc) is 2.20. The highest BCUT2D eigenvalue weighted by Crippen LogP contribution is 2.55. The molecule has 2 aliphatic rings. The van der Waals surface area contributed by atoms with E-state index in [1.165, 1.54) is 25.7 Å². The van der Waals surface area contributed by atoms with Crippen molar-refractivity contribution in [3.05, 3.63) is 23.3 Å². The van der Waals surface area contributed by atoms with E-state index in [4.69, 9.17) is 0 Å². The Morgan fingerprint density at radius 2 is 1.60 bits per heavy atom. The molecule has 1 saturated carbocycles. The van der Waals surface area contributed by atoms with E-state index in [1.54, 1.807) is 12.1 Å². The molecule has 15 heavy (non-hydrogen) atoms. The van der Waals surface area contributed by atoms with E-state index in [0.717, 1.165) is 24.0 Å². The van der Waals surface area contributed by atoms with Crippen molar-refractivity contribution in [2.24, 2.45) is 0 Å². The number of hydrogen-bond donors (Lipinski definition) is 2. The van der Waals surface area contributed by atoms with Gasteiger partial charge < -0.3 is 10.2 Å². The predicted molar refractivity (Wildman–Crippen MR) is 58.2 cm³/mol. The van der Waals surface area contributed by atoms with Gasteiger partial charge in [0.15, 0.2) is 0 Å². The van der Waals surface area contributed by atoms with E-state index in [2.05, 4.69) is 0 Å². The van der Waals surface area contributed by atoms with Gasteiger partial charge in [0.05, 0.1) is 0 Å². The van der Waals surface area contributed by atoms with Gasteiger partial charge >= 0.3 is 0 Å². The molecule has 2 aliphatic carbocycles. The van der Waals surface area contributed by atoms with E-state index in [-0.39, 0.29) is 5.41 Å². The van der Waals surface area contributed by atoms with Gasteiger partial charge in [-0.3, -0.25) is 0 Å². The van der Waals surface area contributed by atoms with Gasteiger partial charge in [0.25, 0.3) is 0 Å². The summed E-state index contributed by atoms with van der Waals surface area (Å²) in [6, 6.07) is 3.26. The number of benzene rings is 1. The molecule has 0 saturated heterocycles. The number of rotatable bonds is 0. The van der Waals surface area contributed by atoms with Gasteiger partial charge in [-0.1, -0.05) is 6.42 Å². The van der Waals surface area contributed by atoms with Gasteiger partial charge in [-0.15, -0.1) is 0 Å². The lowest BCUT2D eigenvalue weighted by atomic mass is 9.58. The molecular formula is C13H16O2. The fourth-order valence-corrected chi connectivity index (χ4v) is 3.30. The van der Waals surface area contributed by atoms with Crippen LogP contribution in [0.5, 0.6) is 11.5 Å². The third-order valence-corrected chi connectivity index (χ3v) is 4.19. The van der Waals surface area contributed by atoms with Crippen molar-refractivity contribution in [2.75, 3.05) is 0 Å². The smallest absolute Gasteiger partial charge is 0.119 e. The molecule has 3 rings (SSSR count). The Morgan fingerprint density at radius 1 is 0.933 bits per heavy atom. The molecule has 0 amide bonds. The van der Waals surface area contributed by atoms with Crippen LogP contribution in [-0.4, -0.2) is 10.2 Å². The summed E-state index contributed by atoms with van der Waals surface area (Å²) in [4.78, 5) is 0. The molecule has 80 valence electrons. The third kappa shape index (κ3) is 1.11. The molecule has 1 fully saturated rings. The second-order valence-corrected chi connectivity index (χ2v) is 4.94. The molecule has 0 atom stereocenters. The third-order valence-electron chi connectivity index (χ3n) is 4.19. The molecular weight excluding hydrogens is 188 g/mol. The van der Waals surface area contributed by atoms with Crippen molar-refractivity contribution in [3.63, 3.8) is 0 Å². The fourth-order valence-electron chi connectivity index (χ4n) is 3.30. The molecule has 1 spiro atoms. The standard InChI is InChI=1S/C13H16O2/c14-10-4-5-11(15)12-9(10)3-1-6-13(12)7-2-8-13/h4-5,14-15H,1-3,6-8H2. The molecule has 2 nitrogen and oxygen atoms in total. The zero-order valence-electron chi connectivity index (χ0n) is 8.79. The normalized spacial score (nSPS) is 22.1. The quantitative estimate of drug-likeness (QED) is 0.638. The summed E-state index contributed by atoms with van der Waals surface area (Å²) in [5, 5.41) is 19.8. The van der Waals surface area contributed by atoms with Crippen molar-refractivity contribution in [3.8, 4) is 11.5 Å². The summed E-state index contributed by atoms with van der Waals surface area (Å²) >= 11 is 0. The lowest BCUT2D eigenvalue weighted by Crippen LogP contribution is -2.37. The van der Waals surface area contributed by atoms with Gasteiger partial charge in [0, 0.05) is 11.1 Å². The lowest BCUT2D eigenvalue weighted by Gasteiger charge is -2.46. The molecule has 2 N–H and O–H groups in total. The second kappa shape index (κ2) is 2.91. The molecule has 0 bridgehead atoms. The van der Waals surface area contributed by atoms with E-state index in [1.807, 2.05) is 0 Å². The Bertz CT molecular complexity index is 405. The Morgan fingerprint density at radius 3 is 2.27 bits per heavy atom. The Labute approximate surface area is 89.6 Å². The lowest BCUT2D eigenvalue weighted by molar-refractivity contribution is 0.200. The zero-order valence-corrected chi connectivity index (χ0v) is 8.79. The second-order valence-electron chi connectivity index (χ2n) is 4.94. The zero-order chi connectivity index (χ0) is 10.5. The van der Waals surface area contributed by atoms with Crippen LogP contribution in [0.25, 0.3) is 0 Å². The number of phenolic OH excluding ortho intramolecular Hbond substituents is 2. The van der Waals surface area contributed by atoms with Gasteiger partial charge in [-0.2, -0.15) is 0 Å². The van der Waals surface area contributed by atoms with Crippen LogP contribution in [0, 0.1) is 0 Å². The van der Waals surface area contributed by atoms with Gasteiger partial charge in [-0.05, 0) is 49.7 Å². The topological polar surface area (TPSA) is 40.5 Å². The van der Waals surface area contributed by atoms with Crippen molar-refractivity contribution in [1.29, 1.82) is 0 Å². The minimum absolute atomic E-state index is 0.205. The van der Waals surface area contributed by atoms with Crippen LogP contribution in [0.3, 0.4) is 0 Å². The molecule has 1 aromatic rings. The predicted octanol–water partition coefficient (Wildman–Crippen LogP) is 2.86. The maximum atomic E-state index is 9.97. The Kier molecular flexibility index (Phi) is 1.76. The van der Waals surface area contributed by atoms with Gasteiger partial charge in [0.2, 0.25) is 0 Å². The Balaban J connectivity index is 2.21. The summed E-state index contributed by atoms with van der Waals surface area (Å²) < 4.78 is 0. The summed E-state index contributed by atoms with van der Waals surface area (Å²) in [5.74, 6) is 0.760. The van der Waals surface area contributed by atoms with Crippen LogP contribution < -0.4 is 0 Å². The first-order valence-electron chi connectivity index (χ1n) is 5.77. The first-order valence-corrected chi connectivity index (χ1v) is 5.77. The van der Waals surface area contributed by atoms with Crippen LogP contribution in [0.4, 0.5) is 0 Å². The summed E-state index contributed by atoms with van der Waals surface area (Å²) in [5.41, 5.74) is 2.26. The highest BCUT2D eigenvalue weighted by Gasteiger charge is 2.44. The highest BCUT2D eigenvalue weighted by atomic mass is 16.3. The van der Waals surface area contributed by atoms with Crippen LogP contribution in [0.1, 0.15) is 43.2 Å².